The maximum atomic E-state index is 12.6. The largest absolute Gasteiger partial charge is 0.387 e. The second-order valence-corrected chi connectivity index (χ2v) is 5.53. The number of aryl methyl sites for hydroxylation is 1. The van der Waals surface area contributed by atoms with Crippen LogP contribution in [0.3, 0.4) is 0 Å². The molecule has 0 aromatic heterocycles. The molecule has 0 spiro atoms. The van der Waals surface area contributed by atoms with Crippen molar-refractivity contribution in [1.82, 2.24) is 4.90 Å². The van der Waals surface area contributed by atoms with Crippen LogP contribution < -0.4 is 5.32 Å². The van der Waals surface area contributed by atoms with Crippen molar-refractivity contribution in [3.63, 3.8) is 0 Å². The Bertz CT molecular complexity index is 655. The van der Waals surface area contributed by atoms with Crippen molar-refractivity contribution in [2.45, 2.75) is 13.5 Å². The van der Waals surface area contributed by atoms with Crippen LogP contribution in [0.4, 0.5) is 5.69 Å². The van der Waals surface area contributed by atoms with Crippen LogP contribution in [0, 0.1) is 6.92 Å². The predicted octanol–water partition coefficient (Wildman–Crippen LogP) is 3.96. The van der Waals surface area contributed by atoms with Crippen LogP contribution in [0.15, 0.2) is 42.5 Å². The summed E-state index contributed by atoms with van der Waals surface area (Å²) in [6.07, 6.45) is 0. The molecule has 3 nitrogen and oxygen atoms in total. The lowest BCUT2D eigenvalue weighted by Gasteiger charge is -2.19. The van der Waals surface area contributed by atoms with E-state index in [0.29, 0.717) is 17.1 Å². The summed E-state index contributed by atoms with van der Waals surface area (Å²) in [5.41, 5.74) is 3.65. The number of amides is 1. The molecule has 0 heterocycles. The van der Waals surface area contributed by atoms with Gasteiger partial charge in [0.15, 0.2) is 0 Å². The zero-order valence-corrected chi connectivity index (χ0v) is 13.2. The highest BCUT2D eigenvalue weighted by molar-refractivity contribution is 6.30. The van der Waals surface area contributed by atoms with Crippen molar-refractivity contribution in [2.24, 2.45) is 0 Å². The van der Waals surface area contributed by atoms with E-state index in [-0.39, 0.29) is 5.91 Å². The predicted molar refractivity (Wildman–Crippen MR) is 88.0 cm³/mol. The third kappa shape index (κ3) is 3.76. The average Bonchev–Trinajstić information content (AvgIpc) is 2.46. The highest BCUT2D eigenvalue weighted by Gasteiger charge is 2.15. The smallest absolute Gasteiger partial charge is 0.255 e. The van der Waals surface area contributed by atoms with Crippen LogP contribution in [0.5, 0.6) is 0 Å². The van der Waals surface area contributed by atoms with Crippen molar-refractivity contribution in [1.29, 1.82) is 0 Å². The minimum Gasteiger partial charge on any atom is -0.387 e. The topological polar surface area (TPSA) is 32.3 Å². The molecule has 0 aliphatic rings. The maximum absolute atomic E-state index is 12.6. The zero-order chi connectivity index (χ0) is 15.4. The first-order valence-electron chi connectivity index (χ1n) is 6.79. The van der Waals surface area contributed by atoms with Gasteiger partial charge in [0, 0.05) is 31.4 Å². The molecule has 0 unspecified atom stereocenters. The van der Waals surface area contributed by atoms with Gasteiger partial charge in [-0.05, 0) is 42.3 Å². The molecule has 0 saturated heterocycles. The molecule has 1 amide bonds. The number of anilines is 1. The Morgan fingerprint density at radius 1 is 1.24 bits per heavy atom. The first kappa shape index (κ1) is 15.4. The Hall–Kier alpha value is -2.00. The van der Waals surface area contributed by atoms with Gasteiger partial charge in [-0.1, -0.05) is 29.8 Å². The summed E-state index contributed by atoms with van der Waals surface area (Å²) in [7, 11) is 3.62. The standard InChI is InChI=1S/C17H19ClN2O/c1-12-7-8-15(16(9-12)19-2)17(21)20(3)11-13-5-4-6-14(18)10-13/h4-10,19H,11H2,1-3H3. The van der Waals surface area contributed by atoms with Gasteiger partial charge < -0.3 is 10.2 Å². The Morgan fingerprint density at radius 3 is 2.67 bits per heavy atom. The Balaban J connectivity index is 2.19. The van der Waals surface area contributed by atoms with Gasteiger partial charge >= 0.3 is 0 Å². The lowest BCUT2D eigenvalue weighted by molar-refractivity contribution is 0.0786. The summed E-state index contributed by atoms with van der Waals surface area (Å²) < 4.78 is 0. The van der Waals surface area contributed by atoms with E-state index >= 15 is 0 Å². The molecule has 0 radical (unpaired) electrons. The van der Waals surface area contributed by atoms with E-state index in [2.05, 4.69) is 5.32 Å². The summed E-state index contributed by atoms with van der Waals surface area (Å²) in [6.45, 7) is 2.53. The van der Waals surface area contributed by atoms with Crippen LogP contribution in [0.2, 0.25) is 5.02 Å². The first-order valence-corrected chi connectivity index (χ1v) is 7.17. The number of hydrogen-bond acceptors (Lipinski definition) is 2. The highest BCUT2D eigenvalue weighted by atomic mass is 35.5. The van der Waals surface area contributed by atoms with E-state index in [1.807, 2.05) is 56.4 Å². The van der Waals surface area contributed by atoms with E-state index in [1.54, 1.807) is 11.9 Å². The third-order valence-corrected chi connectivity index (χ3v) is 3.57. The van der Waals surface area contributed by atoms with Gasteiger partial charge in [0.05, 0.1) is 5.56 Å². The highest BCUT2D eigenvalue weighted by Crippen LogP contribution is 2.20. The second kappa shape index (κ2) is 6.64. The molecule has 21 heavy (non-hydrogen) atoms. The summed E-state index contributed by atoms with van der Waals surface area (Å²) in [4.78, 5) is 14.3. The summed E-state index contributed by atoms with van der Waals surface area (Å²) in [6, 6.07) is 13.3. The van der Waals surface area contributed by atoms with Gasteiger partial charge in [-0.2, -0.15) is 0 Å². The fraction of sp³-hybridized carbons (Fsp3) is 0.235. The van der Waals surface area contributed by atoms with Crippen LogP contribution in [0.25, 0.3) is 0 Å². The summed E-state index contributed by atoms with van der Waals surface area (Å²) >= 11 is 5.98. The Kier molecular flexibility index (Phi) is 4.86. The SMILES string of the molecule is CNc1cc(C)ccc1C(=O)N(C)Cc1cccc(Cl)c1. The van der Waals surface area contributed by atoms with Gasteiger partial charge in [0.1, 0.15) is 0 Å². The van der Waals surface area contributed by atoms with Gasteiger partial charge in [-0.3, -0.25) is 4.79 Å². The Morgan fingerprint density at radius 2 is 2.00 bits per heavy atom. The number of nitrogens with zero attached hydrogens (tertiary/aromatic N) is 1. The van der Waals surface area contributed by atoms with Gasteiger partial charge in [-0.25, -0.2) is 0 Å². The number of carbonyl (C=O) groups is 1. The lowest BCUT2D eigenvalue weighted by atomic mass is 10.1. The third-order valence-electron chi connectivity index (χ3n) is 3.33. The first-order chi connectivity index (χ1) is 10.0. The molecule has 0 aliphatic carbocycles. The number of hydrogen-bond donors (Lipinski definition) is 1. The number of carbonyl (C=O) groups excluding carboxylic acids is 1. The minimum atomic E-state index is -0.0145. The molecule has 0 fully saturated rings. The second-order valence-electron chi connectivity index (χ2n) is 5.09. The average molecular weight is 303 g/mol. The van der Waals surface area contributed by atoms with Crippen molar-refractivity contribution in [3.8, 4) is 0 Å². The number of halogens is 1. The molecule has 0 aliphatic heterocycles. The molecule has 0 atom stereocenters. The fourth-order valence-electron chi connectivity index (χ4n) is 2.24. The van der Waals surface area contributed by atoms with Crippen molar-refractivity contribution in [3.05, 3.63) is 64.2 Å². The molecule has 4 heteroatoms. The van der Waals surface area contributed by atoms with Crippen molar-refractivity contribution in [2.75, 3.05) is 19.4 Å². The molecule has 2 aromatic rings. The van der Waals surface area contributed by atoms with Crippen molar-refractivity contribution >= 4 is 23.2 Å². The molecule has 2 rings (SSSR count). The number of benzene rings is 2. The molecule has 1 N–H and O–H groups in total. The van der Waals surface area contributed by atoms with E-state index in [4.69, 9.17) is 11.6 Å². The van der Waals surface area contributed by atoms with Gasteiger partial charge in [0.2, 0.25) is 0 Å². The molecular weight excluding hydrogens is 284 g/mol. The van der Waals surface area contributed by atoms with Gasteiger partial charge in [-0.15, -0.1) is 0 Å². The van der Waals surface area contributed by atoms with E-state index < -0.39 is 0 Å². The van der Waals surface area contributed by atoms with Crippen LogP contribution in [0.1, 0.15) is 21.5 Å². The molecular formula is C17H19ClN2O. The van der Waals surface area contributed by atoms with E-state index in [0.717, 1.165) is 16.8 Å². The fourth-order valence-corrected chi connectivity index (χ4v) is 2.45. The summed E-state index contributed by atoms with van der Waals surface area (Å²) in [5.74, 6) is -0.0145. The van der Waals surface area contributed by atoms with E-state index in [1.165, 1.54) is 0 Å². The monoisotopic (exact) mass is 302 g/mol. The number of nitrogens with one attached hydrogen (secondary N) is 1. The van der Waals surface area contributed by atoms with Gasteiger partial charge in [0.25, 0.3) is 5.91 Å². The summed E-state index contributed by atoms with van der Waals surface area (Å²) in [5, 5.41) is 3.76. The maximum Gasteiger partial charge on any atom is 0.255 e. The van der Waals surface area contributed by atoms with Crippen molar-refractivity contribution < 1.29 is 4.79 Å². The van der Waals surface area contributed by atoms with Crippen LogP contribution >= 0.6 is 11.6 Å². The number of rotatable bonds is 4. The zero-order valence-electron chi connectivity index (χ0n) is 12.5. The normalized spacial score (nSPS) is 10.3. The molecule has 0 bridgehead atoms. The van der Waals surface area contributed by atoms with Crippen LogP contribution in [-0.4, -0.2) is 24.9 Å². The quantitative estimate of drug-likeness (QED) is 0.927. The molecule has 110 valence electrons. The molecule has 2 aromatic carbocycles. The minimum absolute atomic E-state index is 0.0145. The van der Waals surface area contributed by atoms with E-state index in [9.17, 15) is 4.79 Å². The lowest BCUT2D eigenvalue weighted by Crippen LogP contribution is -2.26. The molecule has 0 saturated carbocycles. The van der Waals surface area contributed by atoms with Crippen LogP contribution in [-0.2, 0) is 6.54 Å². The Labute approximate surface area is 130 Å².